The molecule has 0 radical (unpaired) electrons. The van der Waals surface area contributed by atoms with Crippen molar-refractivity contribution in [2.24, 2.45) is 17.0 Å². The van der Waals surface area contributed by atoms with E-state index in [1.165, 1.54) is 4.90 Å². The van der Waals surface area contributed by atoms with E-state index in [1.807, 2.05) is 6.92 Å². The van der Waals surface area contributed by atoms with E-state index in [0.717, 1.165) is 12.8 Å². The average Bonchev–Trinajstić information content (AvgIpc) is 2.59. The smallest absolute Gasteiger partial charge is 0.233 e. The number of oxime groups is 1. The number of carbonyl (C=O) groups excluding carboxylic acids is 2. The van der Waals surface area contributed by atoms with Crippen LogP contribution < -0.4 is 0 Å². The van der Waals surface area contributed by atoms with Crippen molar-refractivity contribution < 1.29 is 14.8 Å². The number of unbranched alkanes of at least 4 members (excludes halogenated alkanes) is 1. The largest absolute Gasteiger partial charge is 0.411 e. The van der Waals surface area contributed by atoms with Crippen LogP contribution in [0.3, 0.4) is 0 Å². The molecule has 1 saturated carbocycles. The highest BCUT2D eigenvalue weighted by molar-refractivity contribution is 6.08. The molecule has 2 fully saturated rings. The molecule has 2 aliphatic rings. The zero-order valence-corrected chi connectivity index (χ0v) is 10.1. The van der Waals surface area contributed by atoms with Gasteiger partial charge in [0.05, 0.1) is 17.5 Å². The van der Waals surface area contributed by atoms with Crippen molar-refractivity contribution in [1.82, 2.24) is 4.90 Å². The molecule has 1 aliphatic heterocycles. The van der Waals surface area contributed by atoms with E-state index in [4.69, 9.17) is 5.21 Å². The van der Waals surface area contributed by atoms with Gasteiger partial charge in [0.15, 0.2) is 0 Å². The molecule has 0 spiro atoms. The fourth-order valence-electron chi connectivity index (χ4n) is 2.71. The maximum atomic E-state index is 12.1. The number of imide groups is 1. The summed E-state index contributed by atoms with van der Waals surface area (Å²) in [4.78, 5) is 25.5. The lowest BCUT2D eigenvalue weighted by molar-refractivity contribution is -0.139. The van der Waals surface area contributed by atoms with Gasteiger partial charge in [0, 0.05) is 13.0 Å². The quantitative estimate of drug-likeness (QED) is 0.459. The number of carbonyl (C=O) groups is 2. The Labute approximate surface area is 100 Å². The standard InChI is InChI=1S/C12H18N2O3/c1-2-3-6-14-11(15)9-5-4-8(13-17)7-10(9)12(14)16/h9-10,17H,2-7H2,1H3/b13-8+/t9-,10+/m1/s1. The van der Waals surface area contributed by atoms with Crippen LogP contribution >= 0.6 is 0 Å². The minimum Gasteiger partial charge on any atom is -0.411 e. The third kappa shape index (κ3) is 2.06. The van der Waals surface area contributed by atoms with E-state index >= 15 is 0 Å². The number of hydrogen-bond acceptors (Lipinski definition) is 4. The Hall–Kier alpha value is -1.39. The molecule has 0 aromatic rings. The number of fused-ring (bicyclic) bond motifs is 1. The first kappa shape index (κ1) is 12.1. The number of nitrogens with zero attached hydrogens (tertiary/aromatic N) is 2. The van der Waals surface area contributed by atoms with Gasteiger partial charge in [-0.05, 0) is 19.3 Å². The second kappa shape index (κ2) is 4.85. The van der Waals surface area contributed by atoms with Crippen LogP contribution in [0.2, 0.25) is 0 Å². The van der Waals surface area contributed by atoms with Crippen molar-refractivity contribution in [2.45, 2.75) is 39.0 Å². The summed E-state index contributed by atoms with van der Waals surface area (Å²) in [5.74, 6) is -0.552. The molecule has 2 rings (SSSR count). The summed E-state index contributed by atoms with van der Waals surface area (Å²) in [6.07, 6.45) is 3.53. The minimum absolute atomic E-state index is 0.0227. The molecule has 1 N–H and O–H groups in total. The van der Waals surface area contributed by atoms with Gasteiger partial charge in [-0.3, -0.25) is 14.5 Å². The van der Waals surface area contributed by atoms with Gasteiger partial charge in [0.1, 0.15) is 0 Å². The van der Waals surface area contributed by atoms with Crippen LogP contribution in [0.5, 0.6) is 0 Å². The van der Waals surface area contributed by atoms with Gasteiger partial charge < -0.3 is 5.21 Å². The van der Waals surface area contributed by atoms with Crippen LogP contribution in [0, 0.1) is 11.8 Å². The molecular weight excluding hydrogens is 220 g/mol. The average molecular weight is 238 g/mol. The molecule has 17 heavy (non-hydrogen) atoms. The minimum atomic E-state index is -0.279. The molecule has 1 heterocycles. The Morgan fingerprint density at radius 3 is 2.71 bits per heavy atom. The zero-order valence-electron chi connectivity index (χ0n) is 10.1. The normalized spacial score (nSPS) is 31.1. The summed E-state index contributed by atoms with van der Waals surface area (Å²) in [6.45, 7) is 2.57. The summed E-state index contributed by atoms with van der Waals surface area (Å²) in [5, 5.41) is 11.9. The lowest BCUT2D eigenvalue weighted by Gasteiger charge is -2.20. The van der Waals surface area contributed by atoms with E-state index in [0.29, 0.717) is 31.5 Å². The molecule has 1 saturated heterocycles. The molecular formula is C12H18N2O3. The van der Waals surface area contributed by atoms with Crippen molar-refractivity contribution in [3.63, 3.8) is 0 Å². The topological polar surface area (TPSA) is 70.0 Å². The lowest BCUT2D eigenvalue weighted by Crippen LogP contribution is -2.32. The van der Waals surface area contributed by atoms with Crippen LogP contribution in [0.1, 0.15) is 39.0 Å². The number of amides is 2. The van der Waals surface area contributed by atoms with Gasteiger partial charge in [-0.15, -0.1) is 0 Å². The van der Waals surface area contributed by atoms with Crippen LogP contribution in [0.4, 0.5) is 0 Å². The summed E-state index contributed by atoms with van der Waals surface area (Å²) >= 11 is 0. The van der Waals surface area contributed by atoms with E-state index in [2.05, 4.69) is 5.16 Å². The second-order valence-electron chi connectivity index (χ2n) is 4.80. The monoisotopic (exact) mass is 238 g/mol. The van der Waals surface area contributed by atoms with Crippen molar-refractivity contribution >= 4 is 17.5 Å². The third-order valence-electron chi connectivity index (χ3n) is 3.73. The highest BCUT2D eigenvalue weighted by atomic mass is 16.4. The molecule has 0 aromatic carbocycles. The highest BCUT2D eigenvalue weighted by Gasteiger charge is 2.49. The Bertz CT molecular complexity index is 365. The van der Waals surface area contributed by atoms with Crippen molar-refractivity contribution in [1.29, 1.82) is 0 Å². The summed E-state index contributed by atoms with van der Waals surface area (Å²) in [6, 6.07) is 0. The molecule has 2 atom stereocenters. The highest BCUT2D eigenvalue weighted by Crippen LogP contribution is 2.37. The fourth-order valence-corrected chi connectivity index (χ4v) is 2.71. The number of hydrogen-bond donors (Lipinski definition) is 1. The molecule has 0 unspecified atom stereocenters. The van der Waals surface area contributed by atoms with Gasteiger partial charge in [0.2, 0.25) is 11.8 Å². The van der Waals surface area contributed by atoms with E-state index < -0.39 is 0 Å². The molecule has 2 amide bonds. The first-order valence-corrected chi connectivity index (χ1v) is 6.24. The van der Waals surface area contributed by atoms with Crippen molar-refractivity contribution in [2.75, 3.05) is 6.54 Å². The predicted molar refractivity (Wildman–Crippen MR) is 61.7 cm³/mol. The SMILES string of the molecule is CCCCN1C(=O)[C@H]2C/C(=N/O)CC[C@H]2C1=O. The molecule has 0 aromatic heterocycles. The molecule has 94 valence electrons. The molecule has 1 aliphatic carbocycles. The Morgan fingerprint density at radius 1 is 1.35 bits per heavy atom. The van der Waals surface area contributed by atoms with E-state index in [1.54, 1.807) is 0 Å². The zero-order chi connectivity index (χ0) is 12.4. The maximum absolute atomic E-state index is 12.1. The molecule has 5 nitrogen and oxygen atoms in total. The first-order chi connectivity index (χ1) is 8.19. The summed E-state index contributed by atoms with van der Waals surface area (Å²) in [5.41, 5.74) is 0.643. The Balaban J connectivity index is 2.11. The fraction of sp³-hybridized carbons (Fsp3) is 0.750. The van der Waals surface area contributed by atoms with Gasteiger partial charge in [0.25, 0.3) is 0 Å². The van der Waals surface area contributed by atoms with Crippen molar-refractivity contribution in [3.8, 4) is 0 Å². The Morgan fingerprint density at radius 2 is 2.06 bits per heavy atom. The van der Waals surface area contributed by atoms with Gasteiger partial charge in [-0.1, -0.05) is 18.5 Å². The van der Waals surface area contributed by atoms with Gasteiger partial charge >= 0.3 is 0 Å². The van der Waals surface area contributed by atoms with E-state index in [-0.39, 0.29) is 23.7 Å². The lowest BCUT2D eigenvalue weighted by atomic mass is 9.80. The predicted octanol–water partition coefficient (Wildman–Crippen LogP) is 1.40. The number of rotatable bonds is 3. The van der Waals surface area contributed by atoms with Gasteiger partial charge in [-0.2, -0.15) is 0 Å². The first-order valence-electron chi connectivity index (χ1n) is 6.24. The second-order valence-corrected chi connectivity index (χ2v) is 4.80. The maximum Gasteiger partial charge on any atom is 0.233 e. The van der Waals surface area contributed by atoms with Crippen LogP contribution in [-0.4, -0.2) is 34.2 Å². The van der Waals surface area contributed by atoms with E-state index in [9.17, 15) is 9.59 Å². The van der Waals surface area contributed by atoms with Crippen LogP contribution in [-0.2, 0) is 9.59 Å². The summed E-state index contributed by atoms with van der Waals surface area (Å²) in [7, 11) is 0. The molecule has 0 bridgehead atoms. The molecule has 5 heteroatoms. The number of likely N-dealkylation sites (tertiary alicyclic amines) is 1. The van der Waals surface area contributed by atoms with Gasteiger partial charge in [-0.25, -0.2) is 0 Å². The van der Waals surface area contributed by atoms with Crippen molar-refractivity contribution in [3.05, 3.63) is 0 Å². The van der Waals surface area contributed by atoms with Crippen LogP contribution in [0.25, 0.3) is 0 Å². The summed E-state index contributed by atoms with van der Waals surface area (Å²) < 4.78 is 0. The Kier molecular flexibility index (Phi) is 3.45. The van der Waals surface area contributed by atoms with Crippen LogP contribution in [0.15, 0.2) is 5.16 Å². The third-order valence-corrected chi connectivity index (χ3v) is 3.73.